The molecule has 1 amide bonds. The van der Waals surface area contributed by atoms with Crippen molar-refractivity contribution < 1.29 is 13.2 Å². The molecule has 3 aromatic rings. The number of benzene rings is 2. The zero-order chi connectivity index (χ0) is 19.7. The van der Waals surface area contributed by atoms with E-state index in [9.17, 15) is 13.2 Å². The maximum Gasteiger partial charge on any atom is 0.245 e. The third-order valence-electron chi connectivity index (χ3n) is 5.01. The zero-order valence-electron chi connectivity index (χ0n) is 15.3. The van der Waals surface area contributed by atoms with Crippen LogP contribution in [0.25, 0.3) is 11.0 Å². The lowest BCUT2D eigenvalue weighted by Crippen LogP contribution is -2.40. The van der Waals surface area contributed by atoms with Gasteiger partial charge in [0.05, 0.1) is 24.3 Å². The Morgan fingerprint density at radius 1 is 1.21 bits per heavy atom. The van der Waals surface area contributed by atoms with Gasteiger partial charge in [-0.3, -0.25) is 4.79 Å². The maximum atomic E-state index is 13.0. The minimum absolute atomic E-state index is 0.0667. The van der Waals surface area contributed by atoms with E-state index in [1.165, 1.54) is 18.7 Å². The Hall–Kier alpha value is -2.36. The molecule has 1 aliphatic carbocycles. The third kappa shape index (κ3) is 3.52. The van der Waals surface area contributed by atoms with Crippen molar-refractivity contribution in [3.05, 3.63) is 53.6 Å². The fourth-order valence-corrected chi connectivity index (χ4v) is 5.46. The Morgan fingerprint density at radius 2 is 2.04 bits per heavy atom. The molecule has 0 bridgehead atoms. The molecule has 4 rings (SSSR count). The molecular formula is C19H20N4O3S2. The Morgan fingerprint density at radius 3 is 2.89 bits per heavy atom. The van der Waals surface area contributed by atoms with E-state index in [4.69, 9.17) is 0 Å². The van der Waals surface area contributed by atoms with Crippen LogP contribution in [0.4, 0.5) is 0 Å². The average Bonchev–Trinajstić information content (AvgIpc) is 3.17. The fraction of sp³-hybridized carbons (Fsp3) is 0.316. The first-order chi connectivity index (χ1) is 13.5. The van der Waals surface area contributed by atoms with Crippen molar-refractivity contribution in [3.63, 3.8) is 0 Å². The number of carbonyl (C=O) groups excluding carboxylic acids is 1. The smallest absolute Gasteiger partial charge is 0.245 e. The van der Waals surface area contributed by atoms with E-state index < -0.39 is 10.0 Å². The summed E-state index contributed by atoms with van der Waals surface area (Å²) in [4.78, 5) is 12.6. The minimum Gasteiger partial charge on any atom is -0.348 e. The second-order valence-corrected chi connectivity index (χ2v) is 9.40. The number of sulfonamides is 1. The highest BCUT2D eigenvalue weighted by Crippen LogP contribution is 2.29. The predicted octanol–water partition coefficient (Wildman–Crippen LogP) is 2.51. The lowest BCUT2D eigenvalue weighted by Gasteiger charge is -2.27. The first kappa shape index (κ1) is 19.0. The number of aromatic nitrogens is 2. The Kier molecular flexibility index (Phi) is 5.13. The van der Waals surface area contributed by atoms with Gasteiger partial charge in [0.2, 0.25) is 15.9 Å². The molecule has 1 heterocycles. The number of carbonyl (C=O) groups is 1. The summed E-state index contributed by atoms with van der Waals surface area (Å²) in [6, 6.07) is 12.8. The number of aryl methyl sites for hydroxylation is 1. The molecule has 0 saturated carbocycles. The highest BCUT2D eigenvalue weighted by atomic mass is 32.2. The Labute approximate surface area is 167 Å². The summed E-state index contributed by atoms with van der Waals surface area (Å²) < 4.78 is 35.1. The van der Waals surface area contributed by atoms with Crippen molar-refractivity contribution in [2.24, 2.45) is 0 Å². The van der Waals surface area contributed by atoms with Crippen LogP contribution in [0, 0.1) is 0 Å². The van der Waals surface area contributed by atoms with Crippen molar-refractivity contribution in [2.45, 2.75) is 30.2 Å². The number of hydrogen-bond donors (Lipinski definition) is 1. The lowest BCUT2D eigenvalue weighted by molar-refractivity contribution is -0.122. The largest absolute Gasteiger partial charge is 0.348 e. The topological polar surface area (TPSA) is 92.3 Å². The van der Waals surface area contributed by atoms with Gasteiger partial charge in [0.15, 0.2) is 0 Å². The highest BCUT2D eigenvalue weighted by Gasteiger charge is 2.28. The summed E-state index contributed by atoms with van der Waals surface area (Å²) >= 11 is 0.963. The molecule has 0 fully saturated rings. The summed E-state index contributed by atoms with van der Waals surface area (Å²) in [6.07, 6.45) is 2.85. The van der Waals surface area contributed by atoms with Crippen LogP contribution in [-0.2, 0) is 21.2 Å². The normalized spacial score (nSPS) is 16.9. The summed E-state index contributed by atoms with van der Waals surface area (Å²) in [6.45, 7) is -0.255. The highest BCUT2D eigenvalue weighted by molar-refractivity contribution is 7.89. The molecule has 0 aliphatic heterocycles. The van der Waals surface area contributed by atoms with E-state index in [1.807, 2.05) is 18.2 Å². The molecule has 1 unspecified atom stereocenters. The number of nitrogens with one attached hydrogen (secondary N) is 1. The van der Waals surface area contributed by atoms with Gasteiger partial charge in [-0.25, -0.2) is 8.42 Å². The second kappa shape index (κ2) is 7.57. The number of rotatable bonds is 5. The van der Waals surface area contributed by atoms with Crippen LogP contribution in [-0.4, -0.2) is 41.0 Å². The summed E-state index contributed by atoms with van der Waals surface area (Å²) in [5.74, 6) is -0.323. The number of fused-ring (bicyclic) bond motifs is 2. The molecule has 1 aliphatic rings. The van der Waals surface area contributed by atoms with Gasteiger partial charge in [-0.05, 0) is 42.5 Å². The van der Waals surface area contributed by atoms with E-state index in [-0.39, 0.29) is 23.4 Å². The van der Waals surface area contributed by atoms with Crippen molar-refractivity contribution in [2.75, 3.05) is 13.6 Å². The average molecular weight is 417 g/mol. The van der Waals surface area contributed by atoms with Crippen molar-refractivity contribution in [1.82, 2.24) is 18.4 Å². The Bertz CT molecular complexity index is 1130. The van der Waals surface area contributed by atoms with Crippen LogP contribution >= 0.6 is 11.7 Å². The van der Waals surface area contributed by atoms with Gasteiger partial charge in [0.1, 0.15) is 15.9 Å². The number of hydrogen-bond acceptors (Lipinski definition) is 6. The second-order valence-electron chi connectivity index (χ2n) is 6.86. The van der Waals surface area contributed by atoms with Crippen LogP contribution in [0.15, 0.2) is 47.4 Å². The van der Waals surface area contributed by atoms with Crippen LogP contribution in [0.2, 0.25) is 0 Å². The SMILES string of the molecule is CN(CC(=O)NC1CCCc2ccccc21)S(=O)(=O)c1cccc2nsnc12. The van der Waals surface area contributed by atoms with Crippen LogP contribution < -0.4 is 5.32 Å². The van der Waals surface area contributed by atoms with Gasteiger partial charge >= 0.3 is 0 Å². The van der Waals surface area contributed by atoms with Crippen molar-refractivity contribution >= 4 is 38.7 Å². The molecule has 0 radical (unpaired) electrons. The van der Waals surface area contributed by atoms with E-state index in [0.717, 1.165) is 40.9 Å². The summed E-state index contributed by atoms with van der Waals surface area (Å²) in [5.41, 5.74) is 3.22. The van der Waals surface area contributed by atoms with Gasteiger partial charge < -0.3 is 5.32 Å². The van der Waals surface area contributed by atoms with Gasteiger partial charge in [0.25, 0.3) is 0 Å². The van der Waals surface area contributed by atoms with E-state index in [1.54, 1.807) is 12.1 Å². The molecule has 28 heavy (non-hydrogen) atoms. The first-order valence-corrected chi connectivity index (χ1v) is 11.2. The van der Waals surface area contributed by atoms with Crippen LogP contribution in [0.1, 0.15) is 30.0 Å². The van der Waals surface area contributed by atoms with Gasteiger partial charge in [-0.15, -0.1) is 0 Å². The standard InChI is InChI=1S/C19H20N4O3S2/c1-23(28(25,26)17-11-5-10-16-19(17)22-27-21-16)12-18(24)20-15-9-4-7-13-6-2-3-8-14(13)15/h2-3,5-6,8,10-11,15H,4,7,9,12H2,1H3,(H,20,24). The third-order valence-corrected chi connectivity index (χ3v) is 7.39. The predicted molar refractivity (Wildman–Crippen MR) is 107 cm³/mol. The molecule has 1 atom stereocenters. The summed E-state index contributed by atoms with van der Waals surface area (Å²) in [7, 11) is -2.45. The molecule has 0 spiro atoms. The molecule has 1 N–H and O–H groups in total. The van der Waals surface area contributed by atoms with Crippen LogP contribution in [0.3, 0.4) is 0 Å². The van der Waals surface area contributed by atoms with Gasteiger partial charge in [-0.1, -0.05) is 30.3 Å². The molecular weight excluding hydrogens is 396 g/mol. The molecule has 0 saturated heterocycles. The minimum atomic E-state index is -3.86. The molecule has 2 aromatic carbocycles. The van der Waals surface area contributed by atoms with E-state index >= 15 is 0 Å². The quantitative estimate of drug-likeness (QED) is 0.690. The number of amides is 1. The number of likely N-dealkylation sites (N-methyl/N-ethyl adjacent to an activating group) is 1. The lowest BCUT2D eigenvalue weighted by atomic mass is 9.88. The van der Waals surface area contributed by atoms with Gasteiger partial charge in [0, 0.05) is 7.05 Å². The van der Waals surface area contributed by atoms with E-state index in [0.29, 0.717) is 11.0 Å². The fourth-order valence-electron chi connectivity index (χ4n) is 3.59. The first-order valence-electron chi connectivity index (χ1n) is 9.01. The Balaban J connectivity index is 1.50. The zero-order valence-corrected chi connectivity index (χ0v) is 17.0. The van der Waals surface area contributed by atoms with Crippen molar-refractivity contribution in [3.8, 4) is 0 Å². The molecule has 146 valence electrons. The molecule has 7 nitrogen and oxygen atoms in total. The van der Waals surface area contributed by atoms with Crippen molar-refractivity contribution in [1.29, 1.82) is 0 Å². The molecule has 9 heteroatoms. The van der Waals surface area contributed by atoms with E-state index in [2.05, 4.69) is 20.1 Å². The number of nitrogens with zero attached hydrogens (tertiary/aromatic N) is 3. The molecule has 1 aromatic heterocycles. The maximum absolute atomic E-state index is 13.0. The van der Waals surface area contributed by atoms with Crippen LogP contribution in [0.5, 0.6) is 0 Å². The summed E-state index contributed by atoms with van der Waals surface area (Å²) in [5, 5.41) is 2.99. The van der Waals surface area contributed by atoms with Gasteiger partial charge in [-0.2, -0.15) is 13.1 Å². The monoisotopic (exact) mass is 416 g/mol.